The Kier molecular flexibility index (Phi) is 6.01. The Hall–Kier alpha value is -1.30. The van der Waals surface area contributed by atoms with E-state index in [1.165, 1.54) is 0 Å². The van der Waals surface area contributed by atoms with Crippen LogP contribution in [0.5, 0.6) is 0 Å². The molecule has 1 saturated heterocycles. The number of carbonyl (C=O) groups excluding carboxylic acids is 3. The lowest BCUT2D eigenvalue weighted by atomic mass is 9.70. The van der Waals surface area contributed by atoms with Gasteiger partial charge in [-0.3, -0.25) is 14.4 Å². The number of hydrogen-bond acceptors (Lipinski definition) is 6. The van der Waals surface area contributed by atoms with Gasteiger partial charge in [0.2, 0.25) is 0 Å². The fourth-order valence-corrected chi connectivity index (χ4v) is 2.59. The van der Waals surface area contributed by atoms with Crippen molar-refractivity contribution < 1.29 is 28.6 Å². The van der Waals surface area contributed by atoms with Crippen molar-refractivity contribution >= 4 is 29.5 Å². The van der Waals surface area contributed by atoms with E-state index in [2.05, 4.69) is 0 Å². The van der Waals surface area contributed by atoms with Crippen molar-refractivity contribution in [2.75, 3.05) is 19.8 Å². The Morgan fingerprint density at radius 3 is 2.19 bits per heavy atom. The number of hydrogen-bond donors (Lipinski definition) is 0. The maximum absolute atomic E-state index is 12.1. The summed E-state index contributed by atoms with van der Waals surface area (Å²) in [7, 11) is 0. The van der Waals surface area contributed by atoms with Crippen molar-refractivity contribution in [3.05, 3.63) is 0 Å². The molecular formula is C14H21ClO6. The highest BCUT2D eigenvalue weighted by Gasteiger charge is 2.58. The molecule has 0 bridgehead atoms. The first-order chi connectivity index (χ1) is 9.79. The highest BCUT2D eigenvalue weighted by molar-refractivity contribution is 6.21. The Labute approximate surface area is 129 Å². The van der Waals surface area contributed by atoms with E-state index in [0.717, 1.165) is 0 Å². The van der Waals surface area contributed by atoms with Crippen LogP contribution in [-0.4, -0.2) is 43.1 Å². The van der Waals surface area contributed by atoms with E-state index < -0.39 is 40.5 Å². The van der Waals surface area contributed by atoms with Crippen LogP contribution in [0.15, 0.2) is 0 Å². The predicted octanol–water partition coefficient (Wildman–Crippen LogP) is 1.54. The molecule has 0 aromatic heterocycles. The summed E-state index contributed by atoms with van der Waals surface area (Å²) in [5.74, 6) is -4.57. The Morgan fingerprint density at radius 1 is 1.33 bits per heavy atom. The number of esters is 3. The molecule has 1 fully saturated rings. The third-order valence-corrected chi connectivity index (χ3v) is 4.31. The lowest BCUT2D eigenvalue weighted by molar-refractivity contribution is -0.169. The minimum atomic E-state index is -1.36. The molecule has 0 spiro atoms. The molecule has 1 aliphatic heterocycles. The number of cyclic esters (lactones) is 1. The highest BCUT2D eigenvalue weighted by atomic mass is 35.5. The summed E-state index contributed by atoms with van der Waals surface area (Å²) in [5, 5.41) is -0.472. The number of ether oxygens (including phenoxy) is 3. The molecule has 0 aromatic carbocycles. The maximum atomic E-state index is 12.1. The fourth-order valence-electron chi connectivity index (χ4n) is 2.39. The van der Waals surface area contributed by atoms with Crippen molar-refractivity contribution in [2.24, 2.45) is 17.3 Å². The van der Waals surface area contributed by atoms with Crippen LogP contribution in [-0.2, 0) is 28.6 Å². The van der Waals surface area contributed by atoms with Crippen molar-refractivity contribution in [1.82, 2.24) is 0 Å². The average molecular weight is 321 g/mol. The van der Waals surface area contributed by atoms with Crippen LogP contribution >= 0.6 is 11.6 Å². The van der Waals surface area contributed by atoms with E-state index in [9.17, 15) is 14.4 Å². The molecule has 21 heavy (non-hydrogen) atoms. The van der Waals surface area contributed by atoms with Crippen molar-refractivity contribution in [1.29, 1.82) is 0 Å². The van der Waals surface area contributed by atoms with Crippen LogP contribution in [0, 0.1) is 17.3 Å². The predicted molar refractivity (Wildman–Crippen MR) is 74.6 cm³/mol. The topological polar surface area (TPSA) is 78.9 Å². The van der Waals surface area contributed by atoms with E-state index in [0.29, 0.717) is 0 Å². The zero-order chi connectivity index (χ0) is 16.2. The maximum Gasteiger partial charge on any atom is 0.321 e. The van der Waals surface area contributed by atoms with Crippen LogP contribution in [0.3, 0.4) is 0 Å². The SMILES string of the molecule is CCOC(=O)C(C(=O)OCC)[C@@H]1C(=O)OC[C@@]1(C)[C@@H](C)Cl. The lowest BCUT2D eigenvalue weighted by Crippen LogP contribution is -2.46. The molecule has 0 saturated carbocycles. The zero-order valence-electron chi connectivity index (χ0n) is 12.7. The second-order valence-corrected chi connectivity index (χ2v) is 5.84. The lowest BCUT2D eigenvalue weighted by Gasteiger charge is -2.32. The van der Waals surface area contributed by atoms with Gasteiger partial charge in [-0.2, -0.15) is 0 Å². The number of rotatable bonds is 6. The van der Waals surface area contributed by atoms with Gasteiger partial charge in [-0.05, 0) is 20.8 Å². The molecular weight excluding hydrogens is 300 g/mol. The van der Waals surface area contributed by atoms with Gasteiger partial charge in [-0.1, -0.05) is 6.92 Å². The standard InChI is InChI=1S/C14H21ClO6/c1-5-19-11(16)9(12(17)20-6-2)10-13(18)21-7-14(10,4)8(3)15/h8-10H,5-7H2,1-4H3/t8-,10-,14+/m1/s1. The Bertz CT molecular complexity index is 404. The first-order valence-electron chi connectivity index (χ1n) is 6.93. The summed E-state index contributed by atoms with van der Waals surface area (Å²) < 4.78 is 14.9. The van der Waals surface area contributed by atoms with E-state index in [-0.39, 0.29) is 19.8 Å². The van der Waals surface area contributed by atoms with Crippen LogP contribution in [0.25, 0.3) is 0 Å². The number of halogens is 1. The quantitative estimate of drug-likeness (QED) is 0.320. The van der Waals surface area contributed by atoms with E-state index in [4.69, 9.17) is 25.8 Å². The van der Waals surface area contributed by atoms with Crippen molar-refractivity contribution in [2.45, 2.75) is 33.1 Å². The van der Waals surface area contributed by atoms with E-state index >= 15 is 0 Å². The summed E-state index contributed by atoms with van der Waals surface area (Å²) in [4.78, 5) is 36.3. The van der Waals surface area contributed by atoms with Gasteiger partial charge in [0.05, 0.1) is 25.7 Å². The molecule has 0 radical (unpaired) electrons. The smallest absolute Gasteiger partial charge is 0.321 e. The fraction of sp³-hybridized carbons (Fsp3) is 0.786. The second kappa shape index (κ2) is 7.11. The number of carbonyl (C=O) groups is 3. The molecule has 1 rings (SSSR count). The highest BCUT2D eigenvalue weighted by Crippen LogP contribution is 2.45. The van der Waals surface area contributed by atoms with Gasteiger partial charge < -0.3 is 14.2 Å². The molecule has 6 nitrogen and oxygen atoms in total. The average Bonchev–Trinajstić information content (AvgIpc) is 2.70. The minimum Gasteiger partial charge on any atom is -0.465 e. The normalized spacial score (nSPS) is 26.4. The molecule has 3 atom stereocenters. The summed E-state index contributed by atoms with van der Waals surface area (Å²) in [6.07, 6.45) is 0. The monoisotopic (exact) mass is 320 g/mol. The van der Waals surface area contributed by atoms with Gasteiger partial charge in [0.25, 0.3) is 0 Å². The van der Waals surface area contributed by atoms with Crippen LogP contribution < -0.4 is 0 Å². The van der Waals surface area contributed by atoms with Gasteiger partial charge >= 0.3 is 17.9 Å². The summed E-state index contributed by atoms with van der Waals surface area (Å²) in [5.41, 5.74) is -0.844. The molecule has 0 N–H and O–H groups in total. The van der Waals surface area contributed by atoms with E-state index in [1.807, 2.05) is 0 Å². The molecule has 0 aromatic rings. The van der Waals surface area contributed by atoms with Gasteiger partial charge in [0.15, 0.2) is 5.92 Å². The number of alkyl halides is 1. The molecule has 0 amide bonds. The minimum absolute atomic E-state index is 0.0521. The summed E-state index contributed by atoms with van der Waals surface area (Å²) in [6, 6.07) is 0. The van der Waals surface area contributed by atoms with Crippen molar-refractivity contribution in [3.63, 3.8) is 0 Å². The van der Waals surface area contributed by atoms with Crippen LogP contribution in [0.1, 0.15) is 27.7 Å². The van der Waals surface area contributed by atoms with Gasteiger partial charge in [-0.15, -0.1) is 11.6 Å². The third kappa shape index (κ3) is 3.48. The largest absolute Gasteiger partial charge is 0.465 e. The van der Waals surface area contributed by atoms with E-state index in [1.54, 1.807) is 27.7 Å². The molecule has 1 aliphatic rings. The first kappa shape index (κ1) is 17.8. The van der Waals surface area contributed by atoms with Crippen LogP contribution in [0.4, 0.5) is 0 Å². The van der Waals surface area contributed by atoms with Gasteiger partial charge in [-0.25, -0.2) is 0 Å². The second-order valence-electron chi connectivity index (χ2n) is 5.19. The molecule has 0 aliphatic carbocycles. The van der Waals surface area contributed by atoms with Crippen LogP contribution in [0.2, 0.25) is 0 Å². The molecule has 7 heteroatoms. The summed E-state index contributed by atoms with van der Waals surface area (Å²) in [6.45, 7) is 6.91. The Balaban J connectivity index is 3.19. The first-order valence-corrected chi connectivity index (χ1v) is 7.37. The zero-order valence-corrected chi connectivity index (χ0v) is 13.4. The summed E-state index contributed by atoms with van der Waals surface area (Å²) >= 11 is 6.16. The molecule has 120 valence electrons. The van der Waals surface area contributed by atoms with Gasteiger partial charge in [0.1, 0.15) is 0 Å². The van der Waals surface area contributed by atoms with Gasteiger partial charge in [0, 0.05) is 10.8 Å². The Morgan fingerprint density at radius 2 is 1.81 bits per heavy atom. The third-order valence-electron chi connectivity index (χ3n) is 3.81. The van der Waals surface area contributed by atoms with Crippen molar-refractivity contribution in [3.8, 4) is 0 Å². The molecule has 1 heterocycles. The molecule has 0 unspecified atom stereocenters.